The second-order valence-electron chi connectivity index (χ2n) is 6.32. The van der Waals surface area contributed by atoms with Crippen molar-refractivity contribution in [3.8, 4) is 28.0 Å². The van der Waals surface area contributed by atoms with Gasteiger partial charge in [-0.25, -0.2) is 0 Å². The fraction of sp³-hybridized carbons (Fsp3) is 0.136. The van der Waals surface area contributed by atoms with Gasteiger partial charge in [0.05, 0.1) is 0 Å². The molecule has 24 heavy (non-hydrogen) atoms. The summed E-state index contributed by atoms with van der Waals surface area (Å²) in [5.74, 6) is 0.346. The Labute approximate surface area is 141 Å². The first kappa shape index (κ1) is 14.7. The summed E-state index contributed by atoms with van der Waals surface area (Å²) in [6, 6.07) is 20.2. The number of aromatic hydroxyl groups is 1. The molecule has 0 saturated carbocycles. The van der Waals surface area contributed by atoms with Crippen molar-refractivity contribution >= 4 is 5.78 Å². The number of hydrogen-bond donors (Lipinski definition) is 1. The van der Waals surface area contributed by atoms with Gasteiger partial charge in [-0.1, -0.05) is 60.7 Å². The molecule has 0 amide bonds. The average Bonchev–Trinajstić information content (AvgIpc) is 2.97. The maximum Gasteiger partial charge on any atom is 0.164 e. The first-order valence-corrected chi connectivity index (χ1v) is 8.19. The van der Waals surface area contributed by atoms with E-state index in [-0.39, 0.29) is 11.5 Å². The van der Waals surface area contributed by atoms with E-state index in [0.717, 1.165) is 34.2 Å². The van der Waals surface area contributed by atoms with E-state index in [0.29, 0.717) is 17.5 Å². The summed E-state index contributed by atoms with van der Waals surface area (Å²) >= 11 is 0. The first-order valence-electron chi connectivity index (χ1n) is 8.19. The van der Waals surface area contributed by atoms with Gasteiger partial charge in [0.1, 0.15) is 5.75 Å². The van der Waals surface area contributed by atoms with Gasteiger partial charge in [-0.05, 0) is 41.2 Å². The Bertz CT molecular complexity index is 922. The van der Waals surface area contributed by atoms with Crippen molar-refractivity contribution in [3.63, 3.8) is 0 Å². The Kier molecular flexibility index (Phi) is 3.46. The molecule has 1 aliphatic carbocycles. The van der Waals surface area contributed by atoms with Crippen molar-refractivity contribution < 1.29 is 9.90 Å². The summed E-state index contributed by atoms with van der Waals surface area (Å²) in [4.78, 5) is 12.3. The quantitative estimate of drug-likeness (QED) is 0.709. The minimum atomic E-state index is 0.127. The molecule has 2 heteroatoms. The standard InChI is InChI=1S/C22H18O2/c1-14-13-18-11-12-19(23)20(18)21(22(14)24)17-9-7-16(8-10-17)15-5-3-2-4-6-15/h2-10,13,24H,11-12H2,1H3. The number of aryl methyl sites for hydroxylation is 2. The number of phenolic OH excluding ortho intramolecular Hbond substituents is 1. The Morgan fingerprint density at radius 1 is 0.792 bits per heavy atom. The van der Waals surface area contributed by atoms with Crippen LogP contribution in [-0.2, 0) is 6.42 Å². The molecule has 2 nitrogen and oxygen atoms in total. The molecule has 0 heterocycles. The van der Waals surface area contributed by atoms with Crippen molar-refractivity contribution in [1.29, 1.82) is 0 Å². The number of rotatable bonds is 2. The summed E-state index contributed by atoms with van der Waals surface area (Å²) < 4.78 is 0. The van der Waals surface area contributed by atoms with Gasteiger partial charge < -0.3 is 5.11 Å². The van der Waals surface area contributed by atoms with E-state index in [9.17, 15) is 9.90 Å². The van der Waals surface area contributed by atoms with Gasteiger partial charge in [0.15, 0.2) is 5.78 Å². The van der Waals surface area contributed by atoms with E-state index < -0.39 is 0 Å². The highest BCUT2D eigenvalue weighted by atomic mass is 16.3. The molecule has 0 aliphatic heterocycles. The summed E-state index contributed by atoms with van der Waals surface area (Å²) in [5, 5.41) is 10.6. The Balaban J connectivity index is 1.85. The van der Waals surface area contributed by atoms with Crippen LogP contribution in [0, 0.1) is 6.92 Å². The lowest BCUT2D eigenvalue weighted by atomic mass is 9.92. The Morgan fingerprint density at radius 2 is 1.42 bits per heavy atom. The van der Waals surface area contributed by atoms with Crippen LogP contribution in [0.4, 0.5) is 0 Å². The monoisotopic (exact) mass is 314 g/mol. The number of carbonyl (C=O) groups is 1. The first-order chi connectivity index (χ1) is 11.6. The van der Waals surface area contributed by atoms with Crippen molar-refractivity contribution in [2.24, 2.45) is 0 Å². The summed E-state index contributed by atoms with van der Waals surface area (Å²) in [6.07, 6.45) is 1.30. The van der Waals surface area contributed by atoms with Gasteiger partial charge in [0.2, 0.25) is 0 Å². The molecule has 1 N–H and O–H groups in total. The summed E-state index contributed by atoms with van der Waals surface area (Å²) in [5.41, 5.74) is 6.43. The highest BCUT2D eigenvalue weighted by molar-refractivity contribution is 6.07. The molecule has 0 atom stereocenters. The van der Waals surface area contributed by atoms with Gasteiger partial charge in [-0.2, -0.15) is 0 Å². The van der Waals surface area contributed by atoms with Crippen LogP contribution in [0.5, 0.6) is 5.75 Å². The van der Waals surface area contributed by atoms with Crippen LogP contribution in [0.15, 0.2) is 60.7 Å². The van der Waals surface area contributed by atoms with Gasteiger partial charge in [0.25, 0.3) is 0 Å². The SMILES string of the molecule is Cc1cc2c(c(-c3ccc(-c4ccccc4)cc3)c1O)C(=O)CC2. The number of benzene rings is 3. The maximum atomic E-state index is 12.3. The molecule has 1 aliphatic rings. The molecule has 0 spiro atoms. The second kappa shape index (κ2) is 5.64. The lowest BCUT2D eigenvalue weighted by Crippen LogP contribution is -1.98. The zero-order chi connectivity index (χ0) is 16.7. The van der Waals surface area contributed by atoms with E-state index >= 15 is 0 Å². The molecular formula is C22H18O2. The molecular weight excluding hydrogens is 296 g/mol. The van der Waals surface area contributed by atoms with Crippen molar-refractivity contribution in [2.45, 2.75) is 19.8 Å². The molecule has 3 aromatic carbocycles. The maximum absolute atomic E-state index is 12.3. The minimum absolute atomic E-state index is 0.127. The molecule has 0 aromatic heterocycles. The third-order valence-corrected chi connectivity index (χ3v) is 4.75. The Morgan fingerprint density at radius 3 is 2.12 bits per heavy atom. The average molecular weight is 314 g/mol. The van der Waals surface area contributed by atoms with Crippen LogP contribution in [0.25, 0.3) is 22.3 Å². The number of carbonyl (C=O) groups excluding carboxylic acids is 1. The largest absolute Gasteiger partial charge is 0.507 e. The van der Waals surface area contributed by atoms with Crippen LogP contribution in [0.3, 0.4) is 0 Å². The van der Waals surface area contributed by atoms with E-state index in [1.165, 1.54) is 0 Å². The zero-order valence-corrected chi connectivity index (χ0v) is 13.5. The number of phenols is 1. The highest BCUT2D eigenvalue weighted by Gasteiger charge is 2.27. The third kappa shape index (κ3) is 2.31. The van der Waals surface area contributed by atoms with Crippen molar-refractivity contribution in [1.82, 2.24) is 0 Å². The van der Waals surface area contributed by atoms with E-state index in [2.05, 4.69) is 12.1 Å². The molecule has 0 unspecified atom stereocenters. The van der Waals surface area contributed by atoms with E-state index in [1.54, 1.807) is 0 Å². The fourth-order valence-corrected chi connectivity index (χ4v) is 3.51. The zero-order valence-electron chi connectivity index (χ0n) is 13.5. The third-order valence-electron chi connectivity index (χ3n) is 4.75. The number of Topliss-reactive ketones (excluding diaryl/α,β-unsaturated/α-hetero) is 1. The van der Waals surface area contributed by atoms with Crippen molar-refractivity contribution in [3.05, 3.63) is 77.4 Å². The predicted molar refractivity (Wildman–Crippen MR) is 96.4 cm³/mol. The lowest BCUT2D eigenvalue weighted by Gasteiger charge is -2.13. The van der Waals surface area contributed by atoms with Crippen molar-refractivity contribution in [2.75, 3.05) is 0 Å². The number of ketones is 1. The smallest absolute Gasteiger partial charge is 0.164 e. The normalized spacial score (nSPS) is 13.1. The van der Waals surface area contributed by atoms with Crippen LogP contribution in [0.2, 0.25) is 0 Å². The molecule has 0 bridgehead atoms. The molecule has 3 aromatic rings. The van der Waals surface area contributed by atoms with E-state index in [1.807, 2.05) is 55.5 Å². The lowest BCUT2D eigenvalue weighted by molar-refractivity contribution is 0.0995. The molecule has 0 radical (unpaired) electrons. The van der Waals surface area contributed by atoms with Crippen LogP contribution in [0.1, 0.15) is 27.9 Å². The van der Waals surface area contributed by atoms with Gasteiger partial charge in [-0.3, -0.25) is 4.79 Å². The number of fused-ring (bicyclic) bond motifs is 1. The molecule has 118 valence electrons. The second-order valence-corrected chi connectivity index (χ2v) is 6.32. The van der Waals surface area contributed by atoms with Gasteiger partial charge in [-0.15, -0.1) is 0 Å². The minimum Gasteiger partial charge on any atom is -0.507 e. The Hall–Kier alpha value is -2.87. The van der Waals surface area contributed by atoms with Crippen LogP contribution >= 0.6 is 0 Å². The van der Waals surface area contributed by atoms with Gasteiger partial charge in [0, 0.05) is 17.5 Å². The molecule has 0 saturated heterocycles. The highest BCUT2D eigenvalue weighted by Crippen LogP contribution is 2.41. The number of hydrogen-bond acceptors (Lipinski definition) is 2. The van der Waals surface area contributed by atoms with Gasteiger partial charge >= 0.3 is 0 Å². The fourth-order valence-electron chi connectivity index (χ4n) is 3.51. The van der Waals surface area contributed by atoms with Crippen LogP contribution in [-0.4, -0.2) is 10.9 Å². The molecule has 4 rings (SSSR count). The molecule has 0 fully saturated rings. The van der Waals surface area contributed by atoms with E-state index in [4.69, 9.17) is 0 Å². The predicted octanol–water partition coefficient (Wildman–Crippen LogP) is 5.16. The topological polar surface area (TPSA) is 37.3 Å². The summed E-state index contributed by atoms with van der Waals surface area (Å²) in [7, 11) is 0. The van der Waals surface area contributed by atoms with Crippen LogP contribution < -0.4 is 0 Å². The summed E-state index contributed by atoms with van der Waals surface area (Å²) in [6.45, 7) is 1.89.